The molecule has 0 radical (unpaired) electrons. The maximum atomic E-state index is 12.4. The predicted molar refractivity (Wildman–Crippen MR) is 60.4 cm³/mol. The minimum Gasteiger partial charge on any atom is -0.270 e. The molecular weight excluding hydrogens is 279 g/mol. The maximum absolute atomic E-state index is 12.4. The number of benzene rings is 1. The van der Waals surface area contributed by atoms with Crippen molar-refractivity contribution in [2.45, 2.75) is 6.18 Å². The van der Waals surface area contributed by atoms with Gasteiger partial charge in [-0.15, -0.1) is 0 Å². The lowest BCUT2D eigenvalue weighted by Gasteiger charge is -2.08. The summed E-state index contributed by atoms with van der Waals surface area (Å²) in [5, 5.41) is 30.7. The molecule has 0 aliphatic rings. The molecule has 7 nitrogen and oxygen atoms in total. The number of nitrogens with zero attached hydrogens (tertiary/aromatic N) is 4. The molecule has 0 unspecified atom stereocenters. The Balaban J connectivity index is 3.23. The highest BCUT2D eigenvalue weighted by atomic mass is 19.4. The van der Waals surface area contributed by atoms with Crippen LogP contribution in [-0.4, -0.2) is 10.6 Å². The number of nitro groups is 1. The first-order valence-electron chi connectivity index (χ1n) is 4.79. The molecule has 10 heteroatoms. The summed E-state index contributed by atoms with van der Waals surface area (Å²) in [6.07, 6.45) is -4.73. The van der Waals surface area contributed by atoms with E-state index < -0.39 is 28.1 Å². The van der Waals surface area contributed by atoms with Gasteiger partial charge in [0.1, 0.15) is 17.8 Å². The van der Waals surface area contributed by atoms with Crippen LogP contribution in [0, 0.1) is 32.8 Å². The fourth-order valence-corrected chi connectivity index (χ4v) is 1.14. The summed E-state index contributed by atoms with van der Waals surface area (Å²) in [5.41, 5.74) is -1.06. The Bertz CT molecular complexity index is 638. The van der Waals surface area contributed by atoms with Gasteiger partial charge >= 0.3 is 6.18 Å². The van der Waals surface area contributed by atoms with E-state index in [1.54, 1.807) is 0 Å². The molecule has 1 rings (SSSR count). The molecule has 1 N–H and O–H groups in total. The Morgan fingerprint density at radius 1 is 1.35 bits per heavy atom. The van der Waals surface area contributed by atoms with Gasteiger partial charge < -0.3 is 0 Å². The molecular formula is C10H4F3N5O2. The highest BCUT2D eigenvalue weighted by Gasteiger charge is 2.33. The van der Waals surface area contributed by atoms with Crippen molar-refractivity contribution in [1.82, 2.24) is 0 Å². The van der Waals surface area contributed by atoms with Crippen molar-refractivity contribution in [3.05, 3.63) is 33.9 Å². The van der Waals surface area contributed by atoms with Crippen LogP contribution >= 0.6 is 0 Å². The third-order valence-electron chi connectivity index (χ3n) is 2.02. The number of alkyl halides is 3. The number of anilines is 1. The van der Waals surface area contributed by atoms with E-state index in [9.17, 15) is 23.3 Å². The van der Waals surface area contributed by atoms with Crippen molar-refractivity contribution in [3.8, 4) is 12.1 Å². The van der Waals surface area contributed by atoms with Crippen LogP contribution in [0.15, 0.2) is 23.3 Å². The molecule has 0 amide bonds. The molecule has 0 aromatic heterocycles. The van der Waals surface area contributed by atoms with E-state index in [0.717, 1.165) is 6.07 Å². The number of halogens is 3. The normalized spacial score (nSPS) is 10.1. The molecule has 0 atom stereocenters. The van der Waals surface area contributed by atoms with Crippen molar-refractivity contribution in [2.75, 3.05) is 5.43 Å². The standard InChI is InChI=1S/C10H4F3N5O2/c11-10(12,13)6-1-2-8(9(3-6)18(19)20)17-16-7(4-14)5-15/h1-3,17H. The van der Waals surface area contributed by atoms with E-state index in [-0.39, 0.29) is 5.69 Å². The van der Waals surface area contributed by atoms with Crippen molar-refractivity contribution in [2.24, 2.45) is 5.10 Å². The van der Waals surface area contributed by atoms with Gasteiger partial charge in [0, 0.05) is 6.07 Å². The third-order valence-corrected chi connectivity index (χ3v) is 2.02. The lowest BCUT2D eigenvalue weighted by atomic mass is 10.1. The molecule has 0 saturated heterocycles. The van der Waals surface area contributed by atoms with Gasteiger partial charge in [-0.2, -0.15) is 28.8 Å². The Labute approximate surface area is 109 Å². The lowest BCUT2D eigenvalue weighted by Crippen LogP contribution is -2.07. The van der Waals surface area contributed by atoms with E-state index in [1.807, 2.05) is 5.43 Å². The summed E-state index contributed by atoms with van der Waals surface area (Å²) in [5.74, 6) is 0. The van der Waals surface area contributed by atoms with Crippen molar-refractivity contribution < 1.29 is 18.1 Å². The minimum absolute atomic E-state index is 0.330. The zero-order chi connectivity index (χ0) is 15.3. The molecule has 1 aromatic carbocycles. The molecule has 0 saturated carbocycles. The average Bonchev–Trinajstić information content (AvgIpc) is 2.38. The highest BCUT2D eigenvalue weighted by molar-refractivity contribution is 6.10. The summed E-state index contributed by atoms with van der Waals surface area (Å²) < 4.78 is 37.3. The molecule has 0 heterocycles. The molecule has 0 fully saturated rings. The highest BCUT2D eigenvalue weighted by Crippen LogP contribution is 2.34. The summed E-state index contributed by atoms with van der Waals surface area (Å²) in [6.45, 7) is 0. The first-order chi connectivity index (χ1) is 9.29. The van der Waals surface area contributed by atoms with Gasteiger partial charge in [0.15, 0.2) is 0 Å². The van der Waals surface area contributed by atoms with E-state index in [1.165, 1.54) is 12.1 Å². The average molecular weight is 283 g/mol. The van der Waals surface area contributed by atoms with Crippen LogP contribution in [-0.2, 0) is 6.18 Å². The van der Waals surface area contributed by atoms with Gasteiger partial charge in [-0.05, 0) is 12.1 Å². The van der Waals surface area contributed by atoms with Gasteiger partial charge in [0.25, 0.3) is 5.69 Å². The van der Waals surface area contributed by atoms with E-state index >= 15 is 0 Å². The van der Waals surface area contributed by atoms with Crippen LogP contribution in [0.25, 0.3) is 0 Å². The molecule has 1 aromatic rings. The fourth-order valence-electron chi connectivity index (χ4n) is 1.14. The Morgan fingerprint density at radius 3 is 2.40 bits per heavy atom. The van der Waals surface area contributed by atoms with Crippen molar-refractivity contribution in [1.29, 1.82) is 10.5 Å². The zero-order valence-electron chi connectivity index (χ0n) is 9.47. The SMILES string of the molecule is N#CC(C#N)=NNc1ccc(C(F)(F)F)cc1[N+](=O)[O-]. The van der Waals surface area contributed by atoms with Crippen LogP contribution < -0.4 is 5.43 Å². The number of hydrazone groups is 1. The summed E-state index contributed by atoms with van der Waals surface area (Å²) in [6, 6.07) is 4.50. The second-order valence-corrected chi connectivity index (χ2v) is 3.28. The molecule has 0 bridgehead atoms. The number of rotatable bonds is 3. The first-order valence-corrected chi connectivity index (χ1v) is 4.79. The molecule has 102 valence electrons. The predicted octanol–water partition coefficient (Wildman–Crippen LogP) is 2.43. The molecule has 0 aliphatic carbocycles. The third kappa shape index (κ3) is 3.43. The second-order valence-electron chi connectivity index (χ2n) is 3.28. The minimum atomic E-state index is -4.73. The molecule has 0 aliphatic heterocycles. The topological polar surface area (TPSA) is 115 Å². The smallest absolute Gasteiger partial charge is 0.270 e. The van der Waals surface area contributed by atoms with Crippen molar-refractivity contribution >= 4 is 17.1 Å². The Kier molecular flexibility index (Phi) is 4.23. The monoisotopic (exact) mass is 283 g/mol. The summed E-state index contributed by atoms with van der Waals surface area (Å²) >= 11 is 0. The second kappa shape index (κ2) is 5.67. The Morgan fingerprint density at radius 2 is 1.95 bits per heavy atom. The summed E-state index contributed by atoms with van der Waals surface area (Å²) in [7, 11) is 0. The largest absolute Gasteiger partial charge is 0.416 e. The van der Waals surface area contributed by atoms with Gasteiger partial charge in [0.2, 0.25) is 5.71 Å². The van der Waals surface area contributed by atoms with E-state index in [2.05, 4.69) is 5.10 Å². The van der Waals surface area contributed by atoms with Crippen LogP contribution in [0.1, 0.15) is 5.56 Å². The van der Waals surface area contributed by atoms with Crippen LogP contribution in [0.5, 0.6) is 0 Å². The number of hydrogen-bond acceptors (Lipinski definition) is 6. The van der Waals surface area contributed by atoms with Crippen LogP contribution in [0.4, 0.5) is 24.5 Å². The number of nitrogens with one attached hydrogen (secondary N) is 1. The Hall–Kier alpha value is -3.14. The van der Waals surface area contributed by atoms with Gasteiger partial charge in [-0.1, -0.05) is 0 Å². The van der Waals surface area contributed by atoms with Gasteiger partial charge in [-0.25, -0.2) is 0 Å². The van der Waals surface area contributed by atoms with Crippen LogP contribution in [0.3, 0.4) is 0 Å². The maximum Gasteiger partial charge on any atom is 0.416 e. The zero-order valence-corrected chi connectivity index (χ0v) is 9.47. The fraction of sp³-hybridized carbons (Fsp3) is 0.100. The van der Waals surface area contributed by atoms with Crippen LogP contribution in [0.2, 0.25) is 0 Å². The van der Waals surface area contributed by atoms with Gasteiger partial charge in [-0.3, -0.25) is 15.5 Å². The molecule has 0 spiro atoms. The van der Waals surface area contributed by atoms with Crippen molar-refractivity contribution in [3.63, 3.8) is 0 Å². The molecule has 20 heavy (non-hydrogen) atoms. The summed E-state index contributed by atoms with van der Waals surface area (Å²) in [4.78, 5) is 9.67. The lowest BCUT2D eigenvalue weighted by molar-refractivity contribution is -0.384. The number of nitriles is 2. The number of hydrogen-bond donors (Lipinski definition) is 1. The van der Waals surface area contributed by atoms with E-state index in [0.29, 0.717) is 12.1 Å². The quantitative estimate of drug-likeness (QED) is 0.519. The van der Waals surface area contributed by atoms with E-state index in [4.69, 9.17) is 10.5 Å². The van der Waals surface area contributed by atoms with Gasteiger partial charge in [0.05, 0.1) is 10.5 Å². The number of nitro benzene ring substituents is 1. The first kappa shape index (κ1) is 14.9.